The van der Waals surface area contributed by atoms with Crippen molar-refractivity contribution in [2.24, 2.45) is 5.73 Å². The average Bonchev–Trinajstić information content (AvgIpc) is 2.70. The zero-order chi connectivity index (χ0) is 23.3. The molecule has 1 atom stereocenters. The number of fused-ring (bicyclic) bond motifs is 1. The van der Waals surface area contributed by atoms with Crippen LogP contribution in [0.2, 0.25) is 0 Å². The SMILES string of the molecule is Cc1nc(N[C@H]2C[C@@](N)(COc3ccc(C(F)(F)F)nc3)C2)nc2c1NC(=O)[C@H](C)N2C. The average molecular weight is 451 g/mol. The van der Waals surface area contributed by atoms with Crippen LogP contribution < -0.4 is 26.0 Å². The van der Waals surface area contributed by atoms with Crippen LogP contribution in [0.5, 0.6) is 5.75 Å². The second-order valence-electron chi connectivity index (χ2n) is 8.38. The zero-order valence-corrected chi connectivity index (χ0v) is 17.8. The maximum atomic E-state index is 12.6. The van der Waals surface area contributed by atoms with Gasteiger partial charge >= 0.3 is 6.18 Å². The Morgan fingerprint density at radius 2 is 2.06 bits per heavy atom. The molecule has 0 radical (unpaired) electrons. The number of rotatable bonds is 5. The molecule has 1 aliphatic carbocycles. The number of nitrogens with one attached hydrogen (secondary N) is 2. The number of pyridine rings is 1. The van der Waals surface area contributed by atoms with E-state index in [0.717, 1.165) is 12.3 Å². The number of hydrogen-bond donors (Lipinski definition) is 3. The lowest BCUT2D eigenvalue weighted by atomic mass is 9.74. The molecule has 1 saturated carbocycles. The van der Waals surface area contributed by atoms with Crippen LogP contribution in [0.3, 0.4) is 0 Å². The Hall–Kier alpha value is -3.15. The first-order chi connectivity index (χ1) is 14.9. The van der Waals surface area contributed by atoms with Gasteiger partial charge in [-0.05, 0) is 38.8 Å². The van der Waals surface area contributed by atoms with Crippen LogP contribution in [0.25, 0.3) is 0 Å². The van der Waals surface area contributed by atoms with Crippen molar-refractivity contribution in [1.82, 2.24) is 15.0 Å². The fourth-order valence-corrected chi connectivity index (χ4v) is 3.80. The third-order valence-corrected chi connectivity index (χ3v) is 5.81. The van der Waals surface area contributed by atoms with Crippen LogP contribution >= 0.6 is 0 Å². The van der Waals surface area contributed by atoms with Crippen molar-refractivity contribution in [3.05, 3.63) is 29.7 Å². The molecule has 0 unspecified atom stereocenters. The summed E-state index contributed by atoms with van der Waals surface area (Å²) in [6.45, 7) is 3.74. The number of likely N-dealkylation sites (N-methyl/N-ethyl adjacent to an activating group) is 1. The van der Waals surface area contributed by atoms with Crippen LogP contribution in [0.1, 0.15) is 31.2 Å². The van der Waals surface area contributed by atoms with E-state index in [4.69, 9.17) is 10.5 Å². The second kappa shape index (κ2) is 7.76. The van der Waals surface area contributed by atoms with E-state index in [1.807, 2.05) is 0 Å². The number of hydrogen-bond acceptors (Lipinski definition) is 8. The van der Waals surface area contributed by atoms with Gasteiger partial charge in [0, 0.05) is 13.1 Å². The van der Waals surface area contributed by atoms with Gasteiger partial charge in [0.25, 0.3) is 0 Å². The summed E-state index contributed by atoms with van der Waals surface area (Å²) in [5.41, 5.74) is 5.99. The Labute approximate surface area is 182 Å². The number of anilines is 3. The number of halogens is 3. The van der Waals surface area contributed by atoms with Gasteiger partial charge < -0.3 is 26.0 Å². The molecule has 4 rings (SSSR count). The number of aromatic nitrogens is 3. The number of ether oxygens (including phenoxy) is 1. The molecule has 0 spiro atoms. The molecular weight excluding hydrogens is 427 g/mol. The molecule has 0 bridgehead atoms. The van der Waals surface area contributed by atoms with E-state index in [0.29, 0.717) is 36.0 Å². The lowest BCUT2D eigenvalue weighted by Crippen LogP contribution is -2.60. The molecule has 1 amide bonds. The minimum Gasteiger partial charge on any atom is -0.490 e. The molecule has 2 aliphatic rings. The Balaban J connectivity index is 1.34. The van der Waals surface area contributed by atoms with Crippen LogP contribution in [0.15, 0.2) is 18.3 Å². The van der Waals surface area contributed by atoms with Gasteiger partial charge in [-0.2, -0.15) is 18.2 Å². The van der Waals surface area contributed by atoms with Gasteiger partial charge in [-0.25, -0.2) is 9.97 Å². The maximum absolute atomic E-state index is 12.6. The summed E-state index contributed by atoms with van der Waals surface area (Å²) in [5.74, 6) is 1.20. The smallest absolute Gasteiger partial charge is 0.433 e. The van der Waals surface area contributed by atoms with Gasteiger partial charge in [0.1, 0.15) is 29.8 Å². The normalized spacial score (nSPS) is 25.0. The van der Waals surface area contributed by atoms with E-state index in [1.165, 1.54) is 6.07 Å². The quantitative estimate of drug-likeness (QED) is 0.634. The molecule has 1 fully saturated rings. The van der Waals surface area contributed by atoms with Crippen molar-refractivity contribution in [2.75, 3.05) is 29.2 Å². The number of alkyl halides is 3. The Kier molecular flexibility index (Phi) is 5.35. The minimum absolute atomic E-state index is 0.0210. The third-order valence-electron chi connectivity index (χ3n) is 5.81. The van der Waals surface area contributed by atoms with Crippen molar-refractivity contribution in [1.29, 1.82) is 0 Å². The largest absolute Gasteiger partial charge is 0.490 e. The number of carbonyl (C=O) groups excluding carboxylic acids is 1. The summed E-state index contributed by atoms with van der Waals surface area (Å²) in [4.78, 5) is 26.2. The summed E-state index contributed by atoms with van der Waals surface area (Å²) in [6.07, 6.45) is -2.30. The molecule has 0 saturated heterocycles. The lowest BCUT2D eigenvalue weighted by molar-refractivity contribution is -0.141. The number of nitrogens with two attached hydrogens (primary N) is 1. The van der Waals surface area contributed by atoms with Crippen LogP contribution in [0, 0.1) is 6.92 Å². The highest BCUT2D eigenvalue weighted by Crippen LogP contribution is 2.36. The first-order valence-corrected chi connectivity index (χ1v) is 10.1. The van der Waals surface area contributed by atoms with E-state index in [9.17, 15) is 18.0 Å². The first kappa shape index (κ1) is 22.1. The summed E-state index contributed by atoms with van der Waals surface area (Å²) >= 11 is 0. The number of aryl methyl sites for hydroxylation is 1. The number of amides is 1. The Bertz CT molecular complexity index is 1020. The van der Waals surface area contributed by atoms with Crippen molar-refractivity contribution in [3.63, 3.8) is 0 Å². The Morgan fingerprint density at radius 3 is 2.69 bits per heavy atom. The van der Waals surface area contributed by atoms with E-state index in [-0.39, 0.29) is 30.3 Å². The summed E-state index contributed by atoms with van der Waals surface area (Å²) in [6, 6.07) is 1.78. The van der Waals surface area contributed by atoms with Crippen molar-refractivity contribution in [3.8, 4) is 5.75 Å². The molecule has 9 nitrogen and oxygen atoms in total. The van der Waals surface area contributed by atoms with Crippen molar-refractivity contribution >= 4 is 23.4 Å². The second-order valence-corrected chi connectivity index (χ2v) is 8.38. The lowest BCUT2D eigenvalue weighted by Gasteiger charge is -2.44. The fourth-order valence-electron chi connectivity index (χ4n) is 3.80. The Morgan fingerprint density at radius 1 is 1.34 bits per heavy atom. The highest BCUT2D eigenvalue weighted by molar-refractivity contribution is 6.03. The first-order valence-electron chi connectivity index (χ1n) is 10.1. The van der Waals surface area contributed by atoms with Crippen LogP contribution in [-0.2, 0) is 11.0 Å². The molecule has 3 heterocycles. The molecule has 4 N–H and O–H groups in total. The number of carbonyl (C=O) groups is 1. The molecular formula is C20H24F3N7O2. The summed E-state index contributed by atoms with van der Waals surface area (Å²) in [7, 11) is 1.81. The number of nitrogens with zero attached hydrogens (tertiary/aromatic N) is 4. The predicted molar refractivity (Wildman–Crippen MR) is 112 cm³/mol. The van der Waals surface area contributed by atoms with Crippen molar-refractivity contribution < 1.29 is 22.7 Å². The molecule has 2 aromatic heterocycles. The van der Waals surface area contributed by atoms with Crippen molar-refractivity contribution in [2.45, 2.75) is 50.5 Å². The van der Waals surface area contributed by atoms with Crippen LogP contribution in [0.4, 0.5) is 30.6 Å². The third kappa shape index (κ3) is 4.27. The van der Waals surface area contributed by atoms with Gasteiger partial charge in [0.2, 0.25) is 11.9 Å². The monoisotopic (exact) mass is 451 g/mol. The zero-order valence-electron chi connectivity index (χ0n) is 17.8. The fraction of sp³-hybridized carbons (Fsp3) is 0.500. The predicted octanol–water partition coefficient (Wildman–Crippen LogP) is 2.33. The summed E-state index contributed by atoms with van der Waals surface area (Å²) < 4.78 is 43.3. The standard InChI is InChI=1S/C20H24F3N7O2/c1-10-15-16(30(3)11(2)17(31)28-15)29-18(26-10)27-12-6-19(24,7-12)9-32-13-4-5-14(25-8-13)20(21,22)23/h4-5,8,11-12H,6-7,9,24H2,1-3H3,(H,28,31)(H,26,27,29)/t11-,12-,19-/m0/s1. The van der Waals surface area contributed by atoms with E-state index < -0.39 is 17.4 Å². The van der Waals surface area contributed by atoms with Gasteiger partial charge in [0.15, 0.2) is 5.82 Å². The van der Waals surface area contributed by atoms with Gasteiger partial charge in [-0.1, -0.05) is 0 Å². The molecule has 2 aromatic rings. The molecule has 172 valence electrons. The molecule has 1 aliphatic heterocycles. The topological polar surface area (TPSA) is 118 Å². The highest BCUT2D eigenvalue weighted by Gasteiger charge is 2.42. The van der Waals surface area contributed by atoms with E-state index in [2.05, 4.69) is 25.6 Å². The van der Waals surface area contributed by atoms with Gasteiger partial charge in [-0.3, -0.25) is 4.79 Å². The summed E-state index contributed by atoms with van der Waals surface area (Å²) in [5, 5.41) is 6.10. The van der Waals surface area contributed by atoms with Gasteiger partial charge in [-0.15, -0.1) is 0 Å². The maximum Gasteiger partial charge on any atom is 0.433 e. The van der Waals surface area contributed by atoms with E-state index in [1.54, 1.807) is 25.8 Å². The molecule has 12 heteroatoms. The molecule has 0 aromatic carbocycles. The highest BCUT2D eigenvalue weighted by atomic mass is 19.4. The molecule has 32 heavy (non-hydrogen) atoms. The van der Waals surface area contributed by atoms with E-state index >= 15 is 0 Å². The van der Waals surface area contributed by atoms with Crippen LogP contribution in [-0.4, -0.2) is 52.1 Å². The minimum atomic E-state index is -4.49. The van der Waals surface area contributed by atoms with Gasteiger partial charge in [0.05, 0.1) is 17.4 Å².